The molecule has 1 rings (SSSR count). The average Bonchev–Trinajstić information content (AvgIpc) is 2.26. The second-order valence-corrected chi connectivity index (χ2v) is 2.95. The molecule has 0 aliphatic rings. The first-order chi connectivity index (χ1) is 7.07. The van der Waals surface area contributed by atoms with E-state index in [4.69, 9.17) is 16.0 Å². The first kappa shape index (κ1) is 11.2. The minimum Gasteiger partial charge on any atom is -0.398 e. The van der Waals surface area contributed by atoms with Crippen LogP contribution >= 0.6 is 0 Å². The number of para-hydroxylation sites is 1. The van der Waals surface area contributed by atoms with Gasteiger partial charge < -0.3 is 5.73 Å². The Kier molecular flexibility index (Phi) is 3.41. The van der Waals surface area contributed by atoms with Crippen molar-refractivity contribution in [3.8, 4) is 0 Å². The number of carbonyl (C=O) groups is 1. The minimum atomic E-state index is -0.532. The Hall–Kier alpha value is -1.88. The molecule has 0 aliphatic carbocycles. The van der Waals surface area contributed by atoms with Gasteiger partial charge in [-0.15, -0.1) is 0 Å². The predicted molar refractivity (Wildman–Crippen MR) is 57.5 cm³/mol. The SMILES string of the molecule is CON(C)C(=O)C(=N)c1ccccc1N. The lowest BCUT2D eigenvalue weighted by molar-refractivity contribution is -0.160. The number of anilines is 1. The second-order valence-electron chi connectivity index (χ2n) is 2.95. The Bertz CT molecular complexity index is 390. The van der Waals surface area contributed by atoms with E-state index in [-0.39, 0.29) is 5.71 Å². The molecule has 0 atom stereocenters. The van der Waals surface area contributed by atoms with Crippen LogP contribution in [0.1, 0.15) is 5.56 Å². The third kappa shape index (κ3) is 2.32. The van der Waals surface area contributed by atoms with Crippen LogP contribution in [-0.2, 0) is 9.63 Å². The van der Waals surface area contributed by atoms with Crippen molar-refractivity contribution in [2.45, 2.75) is 0 Å². The van der Waals surface area contributed by atoms with E-state index in [0.717, 1.165) is 5.06 Å². The maximum atomic E-state index is 11.5. The smallest absolute Gasteiger partial charge is 0.295 e. The number of nitrogens with one attached hydrogen (secondary N) is 1. The lowest BCUT2D eigenvalue weighted by Crippen LogP contribution is -2.32. The minimum absolute atomic E-state index is 0.183. The topological polar surface area (TPSA) is 79.4 Å². The molecule has 0 bridgehead atoms. The van der Waals surface area contributed by atoms with Gasteiger partial charge in [0, 0.05) is 18.3 Å². The molecular formula is C10H13N3O2. The number of nitrogens with two attached hydrogens (primary N) is 1. The molecule has 0 spiro atoms. The molecule has 3 N–H and O–H groups in total. The highest BCUT2D eigenvalue weighted by Crippen LogP contribution is 2.12. The molecule has 0 aromatic heterocycles. The Balaban J connectivity index is 2.96. The third-order valence-electron chi connectivity index (χ3n) is 2.00. The lowest BCUT2D eigenvalue weighted by Gasteiger charge is -2.14. The summed E-state index contributed by atoms with van der Waals surface area (Å²) in [4.78, 5) is 16.2. The first-order valence-corrected chi connectivity index (χ1v) is 4.33. The van der Waals surface area contributed by atoms with E-state index in [1.165, 1.54) is 14.2 Å². The average molecular weight is 207 g/mol. The van der Waals surface area contributed by atoms with Gasteiger partial charge in [0.25, 0.3) is 5.91 Å². The van der Waals surface area contributed by atoms with E-state index < -0.39 is 5.91 Å². The molecular weight excluding hydrogens is 194 g/mol. The van der Waals surface area contributed by atoms with E-state index in [9.17, 15) is 4.79 Å². The van der Waals surface area contributed by atoms with Crippen molar-refractivity contribution >= 4 is 17.3 Å². The fraction of sp³-hybridized carbons (Fsp3) is 0.200. The molecule has 0 heterocycles. The van der Waals surface area contributed by atoms with Crippen molar-refractivity contribution in [2.24, 2.45) is 0 Å². The number of likely N-dealkylation sites (N-methyl/N-ethyl adjacent to an activating group) is 1. The van der Waals surface area contributed by atoms with Gasteiger partial charge in [0.2, 0.25) is 0 Å². The van der Waals surface area contributed by atoms with E-state index in [0.29, 0.717) is 11.3 Å². The molecule has 80 valence electrons. The number of amides is 1. The quantitative estimate of drug-likeness (QED) is 0.434. The predicted octanol–water partition coefficient (Wildman–Crippen LogP) is 0.656. The third-order valence-corrected chi connectivity index (χ3v) is 2.00. The van der Waals surface area contributed by atoms with E-state index in [1.54, 1.807) is 24.3 Å². The zero-order valence-corrected chi connectivity index (χ0v) is 8.65. The monoisotopic (exact) mass is 207 g/mol. The van der Waals surface area contributed by atoms with Crippen LogP contribution in [0.4, 0.5) is 5.69 Å². The van der Waals surface area contributed by atoms with Gasteiger partial charge in [-0.1, -0.05) is 18.2 Å². The van der Waals surface area contributed by atoms with Crippen LogP contribution in [0.2, 0.25) is 0 Å². The van der Waals surface area contributed by atoms with Crippen molar-refractivity contribution in [3.63, 3.8) is 0 Å². The van der Waals surface area contributed by atoms with Crippen molar-refractivity contribution in [3.05, 3.63) is 29.8 Å². The van der Waals surface area contributed by atoms with E-state index >= 15 is 0 Å². The molecule has 0 fully saturated rings. The van der Waals surface area contributed by atoms with Crippen LogP contribution < -0.4 is 5.73 Å². The van der Waals surface area contributed by atoms with Crippen LogP contribution in [0.5, 0.6) is 0 Å². The fourth-order valence-electron chi connectivity index (χ4n) is 1.08. The molecule has 0 saturated heterocycles. The largest absolute Gasteiger partial charge is 0.398 e. The van der Waals surface area contributed by atoms with E-state index in [1.807, 2.05) is 0 Å². The van der Waals surface area contributed by atoms with Gasteiger partial charge in [0.1, 0.15) is 5.71 Å². The van der Waals surface area contributed by atoms with Gasteiger partial charge >= 0.3 is 0 Å². The summed E-state index contributed by atoms with van der Waals surface area (Å²) in [5.41, 5.74) is 6.28. The summed E-state index contributed by atoms with van der Waals surface area (Å²) in [5.74, 6) is -0.532. The Labute approximate surface area is 87.9 Å². The zero-order chi connectivity index (χ0) is 11.4. The van der Waals surface area contributed by atoms with Gasteiger partial charge in [0.05, 0.1) is 7.11 Å². The van der Waals surface area contributed by atoms with Crippen molar-refractivity contribution in [2.75, 3.05) is 19.9 Å². The first-order valence-electron chi connectivity index (χ1n) is 4.33. The fourth-order valence-corrected chi connectivity index (χ4v) is 1.08. The van der Waals surface area contributed by atoms with Crippen molar-refractivity contribution < 1.29 is 9.63 Å². The highest BCUT2D eigenvalue weighted by Gasteiger charge is 2.17. The summed E-state index contributed by atoms with van der Waals surface area (Å²) in [7, 11) is 2.80. The molecule has 5 heteroatoms. The van der Waals surface area contributed by atoms with Crippen LogP contribution in [0.15, 0.2) is 24.3 Å². The number of nitrogens with zero attached hydrogens (tertiary/aromatic N) is 1. The molecule has 15 heavy (non-hydrogen) atoms. The molecule has 0 aliphatic heterocycles. The number of rotatable bonds is 3. The Morgan fingerprint density at radius 2 is 2.07 bits per heavy atom. The lowest BCUT2D eigenvalue weighted by atomic mass is 10.1. The molecule has 5 nitrogen and oxygen atoms in total. The Morgan fingerprint density at radius 1 is 1.47 bits per heavy atom. The van der Waals surface area contributed by atoms with Crippen molar-refractivity contribution in [1.82, 2.24) is 5.06 Å². The van der Waals surface area contributed by atoms with Crippen LogP contribution in [-0.4, -0.2) is 30.8 Å². The highest BCUT2D eigenvalue weighted by molar-refractivity contribution is 6.44. The zero-order valence-electron chi connectivity index (χ0n) is 8.65. The Morgan fingerprint density at radius 3 is 2.60 bits per heavy atom. The summed E-state index contributed by atoms with van der Waals surface area (Å²) in [6.45, 7) is 0. The molecule has 0 radical (unpaired) electrons. The number of nitrogen functional groups attached to an aromatic ring is 1. The molecule has 0 unspecified atom stereocenters. The molecule has 1 aromatic rings. The maximum Gasteiger partial charge on any atom is 0.295 e. The number of hydrogen-bond acceptors (Lipinski definition) is 4. The summed E-state index contributed by atoms with van der Waals surface area (Å²) in [6, 6.07) is 6.74. The highest BCUT2D eigenvalue weighted by atomic mass is 16.7. The second kappa shape index (κ2) is 4.56. The van der Waals surface area contributed by atoms with Gasteiger partial charge in [-0.3, -0.25) is 15.0 Å². The number of carbonyl (C=O) groups excluding carboxylic acids is 1. The van der Waals surface area contributed by atoms with Gasteiger partial charge in [-0.25, -0.2) is 5.06 Å². The summed E-state index contributed by atoms with van der Waals surface area (Å²) < 4.78 is 0. The van der Waals surface area contributed by atoms with Gasteiger partial charge in [-0.05, 0) is 6.07 Å². The van der Waals surface area contributed by atoms with Crippen molar-refractivity contribution in [1.29, 1.82) is 5.41 Å². The summed E-state index contributed by atoms with van der Waals surface area (Å²) in [5, 5.41) is 8.64. The number of hydroxylamine groups is 2. The van der Waals surface area contributed by atoms with Crippen LogP contribution in [0.25, 0.3) is 0 Å². The van der Waals surface area contributed by atoms with E-state index in [2.05, 4.69) is 0 Å². The van der Waals surface area contributed by atoms with Crippen LogP contribution in [0.3, 0.4) is 0 Å². The maximum absolute atomic E-state index is 11.5. The number of hydrogen-bond donors (Lipinski definition) is 2. The molecule has 1 amide bonds. The van der Waals surface area contributed by atoms with Gasteiger partial charge in [0.15, 0.2) is 0 Å². The summed E-state index contributed by atoms with van der Waals surface area (Å²) in [6.07, 6.45) is 0. The van der Waals surface area contributed by atoms with Gasteiger partial charge in [-0.2, -0.15) is 0 Å². The van der Waals surface area contributed by atoms with Crippen LogP contribution in [0, 0.1) is 5.41 Å². The summed E-state index contributed by atoms with van der Waals surface area (Å²) >= 11 is 0. The standard InChI is InChI=1S/C10H13N3O2/c1-13(15-2)10(14)9(12)7-5-3-4-6-8(7)11/h3-6,12H,11H2,1-2H3. The molecule has 1 aromatic carbocycles. The molecule has 0 saturated carbocycles. The normalized spacial score (nSPS) is 9.73. The number of benzene rings is 1.